The molecule has 1 aromatic heterocycles. The quantitative estimate of drug-likeness (QED) is 0.748. The van der Waals surface area contributed by atoms with Crippen LogP contribution >= 0.6 is 0 Å². The number of carboxylic acids is 1. The van der Waals surface area contributed by atoms with Crippen LogP contribution in [0.15, 0.2) is 6.33 Å². The molecule has 2 rings (SSSR count). The third-order valence-corrected chi connectivity index (χ3v) is 2.22. The van der Waals surface area contributed by atoms with Gasteiger partial charge in [0.15, 0.2) is 5.82 Å². The van der Waals surface area contributed by atoms with Gasteiger partial charge in [0.05, 0.1) is 0 Å². The van der Waals surface area contributed by atoms with E-state index in [-0.39, 0.29) is 0 Å². The Hall–Kier alpha value is -1.39. The Kier molecular flexibility index (Phi) is 1.79. The lowest BCUT2D eigenvalue weighted by molar-refractivity contribution is -0.140. The van der Waals surface area contributed by atoms with Gasteiger partial charge in [-0.1, -0.05) is 0 Å². The van der Waals surface area contributed by atoms with Gasteiger partial charge >= 0.3 is 5.97 Å². The van der Waals surface area contributed by atoms with Crippen molar-refractivity contribution >= 4 is 5.97 Å². The molecule has 0 saturated heterocycles. The van der Waals surface area contributed by atoms with E-state index in [0.717, 1.165) is 18.7 Å². The lowest BCUT2D eigenvalue weighted by Gasteiger charge is -2.03. The summed E-state index contributed by atoms with van der Waals surface area (Å²) in [5.41, 5.74) is 0. The minimum absolute atomic E-state index is 0.474. The minimum atomic E-state index is -0.882. The Morgan fingerprint density at radius 3 is 3.00 bits per heavy atom. The van der Waals surface area contributed by atoms with Gasteiger partial charge < -0.3 is 5.11 Å². The second kappa shape index (κ2) is 2.83. The van der Waals surface area contributed by atoms with E-state index in [2.05, 4.69) is 10.1 Å². The maximum absolute atomic E-state index is 10.6. The van der Waals surface area contributed by atoms with Crippen molar-refractivity contribution in [1.82, 2.24) is 14.8 Å². The van der Waals surface area contributed by atoms with E-state index >= 15 is 0 Å². The number of hydrogen-bond donors (Lipinski definition) is 1. The first-order valence-electron chi connectivity index (χ1n) is 4.32. The molecule has 5 heteroatoms. The van der Waals surface area contributed by atoms with Crippen LogP contribution in [0.5, 0.6) is 0 Å². The van der Waals surface area contributed by atoms with Crippen molar-refractivity contribution in [3.05, 3.63) is 12.2 Å². The molecule has 0 spiro atoms. The molecule has 70 valence electrons. The van der Waals surface area contributed by atoms with Gasteiger partial charge in [-0.05, 0) is 19.8 Å². The van der Waals surface area contributed by atoms with Crippen LogP contribution in [0.2, 0.25) is 0 Å². The first-order chi connectivity index (χ1) is 6.18. The van der Waals surface area contributed by atoms with Crippen LogP contribution in [-0.2, 0) is 4.79 Å². The summed E-state index contributed by atoms with van der Waals surface area (Å²) in [6, 6.07) is -0.625. The monoisotopic (exact) mass is 181 g/mol. The molecule has 0 amide bonds. The third kappa shape index (κ3) is 1.54. The summed E-state index contributed by atoms with van der Waals surface area (Å²) in [6.07, 6.45) is 3.75. The van der Waals surface area contributed by atoms with Crippen molar-refractivity contribution in [3.63, 3.8) is 0 Å². The Labute approximate surface area is 75.4 Å². The van der Waals surface area contributed by atoms with Gasteiger partial charge in [0.1, 0.15) is 12.4 Å². The SMILES string of the molecule is C[C@H](C(=O)O)n1cnc(C2CC2)n1. The number of aliphatic carboxylic acids is 1. The Bertz CT molecular complexity index is 330. The molecule has 1 saturated carbocycles. The highest BCUT2D eigenvalue weighted by molar-refractivity contribution is 5.71. The van der Waals surface area contributed by atoms with Crippen LogP contribution < -0.4 is 0 Å². The van der Waals surface area contributed by atoms with Crippen molar-refractivity contribution in [3.8, 4) is 0 Å². The van der Waals surface area contributed by atoms with Crippen LogP contribution in [0.3, 0.4) is 0 Å². The molecule has 5 nitrogen and oxygen atoms in total. The molecule has 1 heterocycles. The molecular formula is C8H11N3O2. The van der Waals surface area contributed by atoms with E-state index in [1.165, 1.54) is 11.0 Å². The van der Waals surface area contributed by atoms with Gasteiger partial charge in [0.25, 0.3) is 0 Å². The van der Waals surface area contributed by atoms with E-state index in [1.54, 1.807) is 6.92 Å². The van der Waals surface area contributed by atoms with Crippen LogP contribution in [0.4, 0.5) is 0 Å². The largest absolute Gasteiger partial charge is 0.480 e. The fourth-order valence-corrected chi connectivity index (χ4v) is 1.12. The standard InChI is InChI=1S/C8H11N3O2/c1-5(8(12)13)11-4-9-7(10-11)6-2-3-6/h4-6H,2-3H2,1H3,(H,12,13)/t5-/m1/s1. The predicted molar refractivity (Wildman–Crippen MR) is 44.3 cm³/mol. The van der Waals surface area contributed by atoms with Crippen molar-refractivity contribution in [1.29, 1.82) is 0 Å². The molecule has 0 bridgehead atoms. The fraction of sp³-hybridized carbons (Fsp3) is 0.625. The molecule has 1 N–H and O–H groups in total. The molecular weight excluding hydrogens is 170 g/mol. The molecule has 0 aromatic carbocycles. The summed E-state index contributed by atoms with van der Waals surface area (Å²) >= 11 is 0. The molecule has 1 aliphatic rings. The van der Waals surface area contributed by atoms with Crippen molar-refractivity contribution in [2.45, 2.75) is 31.7 Å². The van der Waals surface area contributed by atoms with Gasteiger partial charge in [0.2, 0.25) is 0 Å². The lowest BCUT2D eigenvalue weighted by Crippen LogP contribution is -2.16. The van der Waals surface area contributed by atoms with Crippen LogP contribution in [-0.4, -0.2) is 25.8 Å². The van der Waals surface area contributed by atoms with E-state index in [0.29, 0.717) is 5.92 Å². The highest BCUT2D eigenvalue weighted by Gasteiger charge is 2.28. The molecule has 0 radical (unpaired) electrons. The number of rotatable bonds is 3. The van der Waals surface area contributed by atoms with Gasteiger partial charge in [-0.3, -0.25) is 0 Å². The average Bonchev–Trinajstić information content (AvgIpc) is 2.83. The molecule has 13 heavy (non-hydrogen) atoms. The molecule has 0 aliphatic heterocycles. The van der Waals surface area contributed by atoms with Gasteiger partial charge in [-0.15, -0.1) is 0 Å². The zero-order valence-electron chi connectivity index (χ0n) is 7.34. The Morgan fingerprint density at radius 2 is 2.46 bits per heavy atom. The van der Waals surface area contributed by atoms with Gasteiger partial charge in [-0.25, -0.2) is 14.5 Å². The molecule has 1 aromatic rings. The van der Waals surface area contributed by atoms with Crippen LogP contribution in [0.1, 0.15) is 37.5 Å². The molecule has 0 unspecified atom stereocenters. The average molecular weight is 181 g/mol. The van der Waals surface area contributed by atoms with Crippen molar-refractivity contribution in [2.24, 2.45) is 0 Å². The highest BCUT2D eigenvalue weighted by Crippen LogP contribution is 2.37. The van der Waals surface area contributed by atoms with Crippen LogP contribution in [0, 0.1) is 0 Å². The summed E-state index contributed by atoms with van der Waals surface area (Å²) in [6.45, 7) is 1.59. The smallest absolute Gasteiger partial charge is 0.328 e. The van der Waals surface area contributed by atoms with E-state index in [9.17, 15) is 4.79 Å². The number of carbonyl (C=O) groups is 1. The molecule has 1 fully saturated rings. The number of hydrogen-bond acceptors (Lipinski definition) is 3. The Morgan fingerprint density at radius 1 is 1.77 bits per heavy atom. The number of aromatic nitrogens is 3. The summed E-state index contributed by atoms with van der Waals surface area (Å²) in [7, 11) is 0. The highest BCUT2D eigenvalue weighted by atomic mass is 16.4. The van der Waals surface area contributed by atoms with Gasteiger partial charge in [0, 0.05) is 5.92 Å². The Balaban J connectivity index is 2.16. The lowest BCUT2D eigenvalue weighted by atomic mass is 10.4. The zero-order valence-corrected chi connectivity index (χ0v) is 7.34. The third-order valence-electron chi connectivity index (χ3n) is 2.22. The summed E-state index contributed by atoms with van der Waals surface area (Å²) in [5.74, 6) is 0.377. The van der Waals surface area contributed by atoms with E-state index < -0.39 is 12.0 Å². The van der Waals surface area contributed by atoms with Crippen molar-refractivity contribution < 1.29 is 9.90 Å². The zero-order chi connectivity index (χ0) is 9.42. The summed E-state index contributed by atoms with van der Waals surface area (Å²) in [5, 5.41) is 12.8. The van der Waals surface area contributed by atoms with Crippen LogP contribution in [0.25, 0.3) is 0 Å². The fourth-order valence-electron chi connectivity index (χ4n) is 1.12. The summed E-state index contributed by atoms with van der Waals surface area (Å²) < 4.78 is 1.40. The minimum Gasteiger partial charge on any atom is -0.480 e. The van der Waals surface area contributed by atoms with E-state index in [4.69, 9.17) is 5.11 Å². The van der Waals surface area contributed by atoms with Gasteiger partial charge in [-0.2, -0.15) is 5.10 Å². The second-order valence-electron chi connectivity index (χ2n) is 3.37. The normalized spacial score (nSPS) is 18.5. The van der Waals surface area contributed by atoms with Crippen molar-refractivity contribution in [2.75, 3.05) is 0 Å². The van der Waals surface area contributed by atoms with E-state index in [1.807, 2.05) is 0 Å². The number of carboxylic acid groups (broad SMARTS) is 1. The first-order valence-corrected chi connectivity index (χ1v) is 4.32. The maximum atomic E-state index is 10.6. The first kappa shape index (κ1) is 8.22. The predicted octanol–water partition coefficient (Wildman–Crippen LogP) is 0.801. The summed E-state index contributed by atoms with van der Waals surface area (Å²) in [4.78, 5) is 14.7. The maximum Gasteiger partial charge on any atom is 0.328 e. The molecule has 1 atom stereocenters. The topological polar surface area (TPSA) is 68.0 Å². The number of nitrogens with zero attached hydrogens (tertiary/aromatic N) is 3. The second-order valence-corrected chi connectivity index (χ2v) is 3.37. The molecule has 1 aliphatic carbocycles.